The molecule has 0 unspecified atom stereocenters. The van der Waals surface area contributed by atoms with Crippen molar-refractivity contribution in [3.05, 3.63) is 33.9 Å². The lowest BCUT2D eigenvalue weighted by molar-refractivity contribution is -0.384. The van der Waals surface area contributed by atoms with Crippen LogP contribution in [0, 0.1) is 10.1 Å². The van der Waals surface area contributed by atoms with Crippen molar-refractivity contribution in [2.75, 3.05) is 18.0 Å². The van der Waals surface area contributed by atoms with Crippen LogP contribution in [0.2, 0.25) is 0 Å². The zero-order valence-corrected chi connectivity index (χ0v) is 9.96. The molecule has 2 N–H and O–H groups in total. The third-order valence-corrected chi connectivity index (χ3v) is 3.09. The number of amides is 1. The maximum absolute atomic E-state index is 11.1. The third kappa shape index (κ3) is 2.58. The Morgan fingerprint density at radius 2 is 2.06 bits per heavy atom. The van der Waals surface area contributed by atoms with Gasteiger partial charge in [-0.1, -0.05) is 0 Å². The van der Waals surface area contributed by atoms with E-state index in [-0.39, 0.29) is 12.1 Å². The summed E-state index contributed by atoms with van der Waals surface area (Å²) in [5, 5.41) is 10.7. The Labute approximate surface area is 105 Å². The van der Waals surface area contributed by atoms with Crippen LogP contribution in [0.5, 0.6) is 0 Å². The third-order valence-electron chi connectivity index (χ3n) is 3.09. The van der Waals surface area contributed by atoms with Gasteiger partial charge < -0.3 is 10.6 Å². The number of nitro benzene ring substituents is 1. The van der Waals surface area contributed by atoms with Crippen LogP contribution in [0.25, 0.3) is 0 Å². The number of nitrogens with two attached hydrogens (primary N) is 1. The molecule has 1 aliphatic heterocycles. The number of hydrogen-bond donors (Lipinski definition) is 1. The smallest absolute Gasteiger partial charge is 0.269 e. The molecule has 1 amide bonds. The van der Waals surface area contributed by atoms with Crippen LogP contribution in [0.4, 0.5) is 11.4 Å². The van der Waals surface area contributed by atoms with Crippen molar-refractivity contribution >= 4 is 17.3 Å². The van der Waals surface area contributed by atoms with E-state index in [4.69, 9.17) is 5.73 Å². The Morgan fingerprint density at radius 1 is 1.39 bits per heavy atom. The number of benzene rings is 1. The molecule has 1 heterocycles. The van der Waals surface area contributed by atoms with Crippen molar-refractivity contribution in [1.29, 1.82) is 0 Å². The van der Waals surface area contributed by atoms with Gasteiger partial charge in [0.2, 0.25) is 5.91 Å². The van der Waals surface area contributed by atoms with E-state index in [9.17, 15) is 14.9 Å². The van der Waals surface area contributed by atoms with Crippen LogP contribution < -0.4 is 10.6 Å². The molecule has 0 aliphatic carbocycles. The van der Waals surface area contributed by atoms with Crippen molar-refractivity contribution in [3.8, 4) is 0 Å². The Bertz CT molecular complexity index is 481. The van der Waals surface area contributed by atoms with Gasteiger partial charge in [-0.05, 0) is 24.5 Å². The Kier molecular flexibility index (Phi) is 3.45. The van der Waals surface area contributed by atoms with Crippen LogP contribution in [0.15, 0.2) is 18.2 Å². The highest BCUT2D eigenvalue weighted by atomic mass is 16.6. The number of anilines is 1. The average molecular weight is 249 g/mol. The lowest BCUT2D eigenvalue weighted by Gasteiger charge is -2.20. The molecule has 18 heavy (non-hydrogen) atoms. The Balaban J connectivity index is 2.37. The molecule has 1 saturated heterocycles. The van der Waals surface area contributed by atoms with Gasteiger partial charge in [0.05, 0.1) is 11.3 Å². The normalized spacial score (nSPS) is 14.8. The molecule has 0 spiro atoms. The van der Waals surface area contributed by atoms with E-state index in [1.165, 1.54) is 12.1 Å². The first-order valence-corrected chi connectivity index (χ1v) is 5.88. The highest BCUT2D eigenvalue weighted by molar-refractivity contribution is 5.79. The molecule has 0 aromatic heterocycles. The number of non-ortho nitro benzene ring substituents is 1. The molecule has 1 aromatic rings. The quantitative estimate of drug-likeness (QED) is 0.641. The van der Waals surface area contributed by atoms with E-state index in [1.54, 1.807) is 6.07 Å². The molecular formula is C12H15N3O3. The number of carbonyl (C=O) groups is 1. The average Bonchev–Trinajstić information content (AvgIpc) is 2.81. The summed E-state index contributed by atoms with van der Waals surface area (Å²) < 4.78 is 0. The van der Waals surface area contributed by atoms with Gasteiger partial charge in [-0.25, -0.2) is 0 Å². The van der Waals surface area contributed by atoms with Crippen molar-refractivity contribution < 1.29 is 9.72 Å². The summed E-state index contributed by atoms with van der Waals surface area (Å²) in [5.74, 6) is -0.476. The second-order valence-electron chi connectivity index (χ2n) is 4.41. The Morgan fingerprint density at radius 3 is 2.61 bits per heavy atom. The number of rotatable bonds is 4. The molecular weight excluding hydrogens is 234 g/mol. The molecule has 96 valence electrons. The molecule has 0 bridgehead atoms. The highest BCUT2D eigenvalue weighted by Gasteiger charge is 2.19. The zero-order chi connectivity index (χ0) is 13.1. The van der Waals surface area contributed by atoms with Gasteiger partial charge in [-0.3, -0.25) is 14.9 Å². The highest BCUT2D eigenvalue weighted by Crippen LogP contribution is 2.28. The molecule has 0 atom stereocenters. The lowest BCUT2D eigenvalue weighted by Crippen LogP contribution is -2.22. The zero-order valence-electron chi connectivity index (χ0n) is 9.96. The van der Waals surface area contributed by atoms with E-state index in [1.807, 2.05) is 0 Å². The number of hydrogen-bond acceptors (Lipinski definition) is 4. The molecule has 0 saturated carbocycles. The first-order chi connectivity index (χ1) is 8.58. The van der Waals surface area contributed by atoms with Crippen LogP contribution in [0.3, 0.4) is 0 Å². The van der Waals surface area contributed by atoms with Gasteiger partial charge >= 0.3 is 0 Å². The summed E-state index contributed by atoms with van der Waals surface area (Å²) >= 11 is 0. The molecule has 6 nitrogen and oxygen atoms in total. The van der Waals surface area contributed by atoms with Gasteiger partial charge in [0.1, 0.15) is 0 Å². The van der Waals surface area contributed by atoms with E-state index >= 15 is 0 Å². The van der Waals surface area contributed by atoms with E-state index in [2.05, 4.69) is 4.90 Å². The SMILES string of the molecule is NC(=O)Cc1cc([N+](=O)[O-])ccc1N1CCCC1. The van der Waals surface area contributed by atoms with E-state index in [0.29, 0.717) is 5.56 Å². The van der Waals surface area contributed by atoms with Crippen molar-refractivity contribution in [2.45, 2.75) is 19.3 Å². The molecule has 1 fully saturated rings. The number of nitrogens with zero attached hydrogens (tertiary/aromatic N) is 2. The largest absolute Gasteiger partial charge is 0.371 e. The second-order valence-corrected chi connectivity index (χ2v) is 4.41. The van der Waals surface area contributed by atoms with E-state index < -0.39 is 10.8 Å². The van der Waals surface area contributed by atoms with Gasteiger partial charge in [0.25, 0.3) is 5.69 Å². The first kappa shape index (κ1) is 12.3. The number of carbonyl (C=O) groups excluding carboxylic acids is 1. The second kappa shape index (κ2) is 5.03. The predicted octanol–water partition coefficient (Wildman–Crippen LogP) is 1.22. The fourth-order valence-electron chi connectivity index (χ4n) is 2.28. The summed E-state index contributed by atoms with van der Waals surface area (Å²) in [7, 11) is 0. The van der Waals surface area contributed by atoms with Crippen LogP contribution in [-0.4, -0.2) is 23.9 Å². The summed E-state index contributed by atoms with van der Waals surface area (Å²) in [4.78, 5) is 23.5. The van der Waals surface area contributed by atoms with Gasteiger partial charge in [-0.15, -0.1) is 0 Å². The Hall–Kier alpha value is -2.11. The maximum atomic E-state index is 11.1. The fraction of sp³-hybridized carbons (Fsp3) is 0.417. The first-order valence-electron chi connectivity index (χ1n) is 5.88. The standard InChI is InChI=1S/C12H15N3O3/c13-12(16)8-9-7-10(15(17)18)3-4-11(9)14-5-1-2-6-14/h3-4,7H,1-2,5-6,8H2,(H2,13,16). The monoisotopic (exact) mass is 249 g/mol. The minimum atomic E-state index is -0.476. The topological polar surface area (TPSA) is 89.5 Å². The van der Waals surface area contributed by atoms with Crippen LogP contribution in [0.1, 0.15) is 18.4 Å². The minimum Gasteiger partial charge on any atom is -0.371 e. The predicted molar refractivity (Wildman–Crippen MR) is 67.4 cm³/mol. The summed E-state index contributed by atoms with van der Waals surface area (Å²) in [6.07, 6.45) is 2.24. The van der Waals surface area contributed by atoms with Crippen molar-refractivity contribution in [2.24, 2.45) is 5.73 Å². The van der Waals surface area contributed by atoms with E-state index in [0.717, 1.165) is 31.6 Å². The van der Waals surface area contributed by atoms with Gasteiger partial charge in [-0.2, -0.15) is 0 Å². The van der Waals surface area contributed by atoms with Crippen LogP contribution in [-0.2, 0) is 11.2 Å². The summed E-state index contributed by atoms with van der Waals surface area (Å²) in [6, 6.07) is 4.62. The summed E-state index contributed by atoms with van der Waals surface area (Å²) in [5.41, 5.74) is 6.71. The fourth-order valence-corrected chi connectivity index (χ4v) is 2.28. The minimum absolute atomic E-state index is 0.00537. The number of nitro groups is 1. The summed E-state index contributed by atoms with van der Waals surface area (Å²) in [6.45, 7) is 1.84. The number of primary amides is 1. The van der Waals surface area contributed by atoms with Gasteiger partial charge in [0, 0.05) is 30.9 Å². The van der Waals surface area contributed by atoms with Gasteiger partial charge in [0.15, 0.2) is 0 Å². The molecule has 2 rings (SSSR count). The van der Waals surface area contributed by atoms with Crippen LogP contribution >= 0.6 is 0 Å². The van der Waals surface area contributed by atoms with Crippen molar-refractivity contribution in [3.63, 3.8) is 0 Å². The maximum Gasteiger partial charge on any atom is 0.269 e. The van der Waals surface area contributed by atoms with Crippen molar-refractivity contribution in [1.82, 2.24) is 0 Å². The molecule has 1 aromatic carbocycles. The molecule has 0 radical (unpaired) electrons. The molecule has 6 heteroatoms. The molecule has 1 aliphatic rings. The lowest BCUT2D eigenvalue weighted by atomic mass is 10.1.